The first-order valence-corrected chi connectivity index (χ1v) is 5.86. The molecule has 1 aromatic heterocycles. The standard InChI is InChI=1S/C12H16FN3O2/c1-9(17)15-4-5-16(8-10(18)7-15)12-2-3-14-6-11(12)13/h2-3,6,10,18H,4-5,7-8H2,1H3/t10-/m0/s1. The fourth-order valence-corrected chi connectivity index (χ4v) is 2.12. The number of rotatable bonds is 1. The number of anilines is 1. The predicted molar refractivity (Wildman–Crippen MR) is 64.7 cm³/mol. The molecule has 0 radical (unpaired) electrons. The van der Waals surface area contributed by atoms with Gasteiger partial charge >= 0.3 is 0 Å². The average molecular weight is 253 g/mol. The van der Waals surface area contributed by atoms with E-state index in [-0.39, 0.29) is 5.91 Å². The number of nitrogens with zero attached hydrogens (tertiary/aromatic N) is 3. The van der Waals surface area contributed by atoms with Crippen LogP contribution in [0.1, 0.15) is 6.92 Å². The molecule has 2 heterocycles. The number of amides is 1. The van der Waals surface area contributed by atoms with Gasteiger partial charge in [-0.15, -0.1) is 0 Å². The summed E-state index contributed by atoms with van der Waals surface area (Å²) >= 11 is 0. The molecule has 5 nitrogen and oxygen atoms in total. The monoisotopic (exact) mass is 253 g/mol. The molecule has 1 amide bonds. The quantitative estimate of drug-likeness (QED) is 0.779. The Bertz CT molecular complexity index is 441. The molecule has 0 unspecified atom stereocenters. The smallest absolute Gasteiger partial charge is 0.219 e. The van der Waals surface area contributed by atoms with Gasteiger partial charge in [-0.25, -0.2) is 4.39 Å². The molecule has 98 valence electrons. The largest absolute Gasteiger partial charge is 0.389 e. The van der Waals surface area contributed by atoms with Crippen molar-refractivity contribution in [2.24, 2.45) is 0 Å². The number of carbonyl (C=O) groups excluding carboxylic acids is 1. The van der Waals surface area contributed by atoms with Gasteiger partial charge in [-0.05, 0) is 6.07 Å². The number of carbonyl (C=O) groups is 1. The maximum absolute atomic E-state index is 13.6. The Morgan fingerprint density at radius 1 is 1.50 bits per heavy atom. The van der Waals surface area contributed by atoms with Crippen LogP contribution in [0.3, 0.4) is 0 Å². The molecule has 1 aromatic rings. The molecule has 0 aromatic carbocycles. The van der Waals surface area contributed by atoms with E-state index in [1.807, 2.05) is 0 Å². The summed E-state index contributed by atoms with van der Waals surface area (Å²) in [4.78, 5) is 18.3. The van der Waals surface area contributed by atoms with Crippen LogP contribution < -0.4 is 4.90 Å². The molecule has 1 saturated heterocycles. The number of pyridine rings is 1. The molecular formula is C12H16FN3O2. The Labute approximate surface area is 105 Å². The van der Waals surface area contributed by atoms with Gasteiger partial charge in [-0.1, -0.05) is 0 Å². The van der Waals surface area contributed by atoms with E-state index < -0.39 is 11.9 Å². The number of β-amino-alcohol motifs (C(OH)–C–C–N with tert-alkyl or cyclic N) is 1. The third kappa shape index (κ3) is 2.76. The molecule has 1 fully saturated rings. The Balaban J connectivity index is 2.16. The molecule has 1 aliphatic rings. The highest BCUT2D eigenvalue weighted by Crippen LogP contribution is 2.19. The number of halogens is 1. The van der Waals surface area contributed by atoms with Crippen LogP contribution in [0.2, 0.25) is 0 Å². The molecule has 6 heteroatoms. The van der Waals surface area contributed by atoms with Crippen molar-refractivity contribution in [3.8, 4) is 0 Å². The molecule has 2 rings (SSSR count). The van der Waals surface area contributed by atoms with Crippen molar-refractivity contribution < 1.29 is 14.3 Å². The van der Waals surface area contributed by atoms with Gasteiger partial charge in [-0.3, -0.25) is 9.78 Å². The van der Waals surface area contributed by atoms with Crippen LogP contribution in [0.15, 0.2) is 18.5 Å². The van der Waals surface area contributed by atoms with Gasteiger partial charge in [0.1, 0.15) is 0 Å². The van der Waals surface area contributed by atoms with Gasteiger partial charge < -0.3 is 14.9 Å². The zero-order chi connectivity index (χ0) is 13.1. The van der Waals surface area contributed by atoms with Crippen molar-refractivity contribution in [1.29, 1.82) is 0 Å². The highest BCUT2D eigenvalue weighted by Gasteiger charge is 2.24. The van der Waals surface area contributed by atoms with Gasteiger partial charge in [0.25, 0.3) is 0 Å². The first-order valence-electron chi connectivity index (χ1n) is 5.86. The lowest BCUT2D eigenvalue weighted by atomic mass is 10.3. The number of aliphatic hydroxyl groups is 1. The molecular weight excluding hydrogens is 237 g/mol. The van der Waals surface area contributed by atoms with Crippen LogP contribution in [0.25, 0.3) is 0 Å². The van der Waals surface area contributed by atoms with Crippen molar-refractivity contribution in [1.82, 2.24) is 9.88 Å². The van der Waals surface area contributed by atoms with Gasteiger partial charge in [0, 0.05) is 39.3 Å². The van der Waals surface area contributed by atoms with Crippen molar-refractivity contribution >= 4 is 11.6 Å². The summed E-state index contributed by atoms with van der Waals surface area (Å²) < 4.78 is 13.6. The minimum absolute atomic E-state index is 0.0777. The number of aromatic nitrogens is 1. The van der Waals surface area contributed by atoms with Crippen LogP contribution in [0.5, 0.6) is 0 Å². The van der Waals surface area contributed by atoms with Crippen LogP contribution in [0, 0.1) is 5.82 Å². The SMILES string of the molecule is CC(=O)N1CCN(c2ccncc2F)C[C@@H](O)C1. The van der Waals surface area contributed by atoms with E-state index in [4.69, 9.17) is 0 Å². The molecule has 0 spiro atoms. The number of aliphatic hydroxyl groups excluding tert-OH is 1. The van der Waals surface area contributed by atoms with E-state index in [2.05, 4.69) is 4.98 Å². The maximum Gasteiger partial charge on any atom is 0.219 e. The second-order valence-corrected chi connectivity index (χ2v) is 4.39. The summed E-state index contributed by atoms with van der Waals surface area (Å²) in [5.74, 6) is -0.493. The molecule has 1 atom stereocenters. The minimum Gasteiger partial charge on any atom is -0.389 e. The molecule has 0 aliphatic carbocycles. The van der Waals surface area contributed by atoms with Crippen LogP contribution in [0.4, 0.5) is 10.1 Å². The number of hydrogen-bond donors (Lipinski definition) is 1. The van der Waals surface area contributed by atoms with Gasteiger partial charge in [0.2, 0.25) is 5.91 Å². The second kappa shape index (κ2) is 5.30. The Morgan fingerprint density at radius 2 is 2.28 bits per heavy atom. The first kappa shape index (κ1) is 12.8. The molecule has 0 saturated carbocycles. The lowest BCUT2D eigenvalue weighted by Crippen LogP contribution is -2.36. The third-order valence-corrected chi connectivity index (χ3v) is 3.04. The summed E-state index contributed by atoms with van der Waals surface area (Å²) in [6.45, 7) is 3.05. The average Bonchev–Trinajstić information content (AvgIpc) is 2.51. The maximum atomic E-state index is 13.6. The van der Waals surface area contributed by atoms with Crippen LogP contribution in [-0.2, 0) is 4.79 Å². The number of hydrogen-bond acceptors (Lipinski definition) is 4. The Morgan fingerprint density at radius 3 is 2.94 bits per heavy atom. The van der Waals surface area contributed by atoms with Gasteiger partial charge in [0.15, 0.2) is 5.82 Å². The summed E-state index contributed by atoms with van der Waals surface area (Å²) in [6, 6.07) is 1.57. The fraction of sp³-hybridized carbons (Fsp3) is 0.500. The Kier molecular flexibility index (Phi) is 3.76. The van der Waals surface area contributed by atoms with Crippen molar-refractivity contribution in [3.05, 3.63) is 24.3 Å². The third-order valence-electron chi connectivity index (χ3n) is 3.04. The Hall–Kier alpha value is -1.69. The fourth-order valence-electron chi connectivity index (χ4n) is 2.12. The van der Waals surface area contributed by atoms with E-state index in [1.165, 1.54) is 13.1 Å². The summed E-state index contributed by atoms with van der Waals surface area (Å²) in [5, 5.41) is 9.86. The zero-order valence-corrected chi connectivity index (χ0v) is 10.2. The van der Waals surface area contributed by atoms with Crippen LogP contribution in [-0.4, -0.2) is 53.2 Å². The van der Waals surface area contributed by atoms with E-state index in [1.54, 1.807) is 15.9 Å². The van der Waals surface area contributed by atoms with Crippen LogP contribution >= 0.6 is 0 Å². The molecule has 1 N–H and O–H groups in total. The summed E-state index contributed by atoms with van der Waals surface area (Å²) in [6.07, 6.45) is 1.98. The van der Waals surface area contributed by atoms with Crippen molar-refractivity contribution in [2.45, 2.75) is 13.0 Å². The lowest BCUT2D eigenvalue weighted by Gasteiger charge is -2.23. The van der Waals surface area contributed by atoms with Crippen molar-refractivity contribution in [3.63, 3.8) is 0 Å². The topological polar surface area (TPSA) is 56.7 Å². The predicted octanol–water partition coefficient (Wildman–Crippen LogP) is 0.250. The first-order chi connectivity index (χ1) is 8.58. The minimum atomic E-state index is -0.677. The normalized spacial score (nSPS) is 20.7. The summed E-state index contributed by atoms with van der Waals surface area (Å²) in [5.41, 5.74) is 0.412. The van der Waals surface area contributed by atoms with E-state index >= 15 is 0 Å². The van der Waals surface area contributed by atoms with Crippen molar-refractivity contribution in [2.75, 3.05) is 31.1 Å². The molecule has 18 heavy (non-hydrogen) atoms. The zero-order valence-electron chi connectivity index (χ0n) is 10.2. The van der Waals surface area contributed by atoms with Gasteiger partial charge in [-0.2, -0.15) is 0 Å². The van der Waals surface area contributed by atoms with Gasteiger partial charge in [0.05, 0.1) is 18.0 Å². The second-order valence-electron chi connectivity index (χ2n) is 4.39. The van der Waals surface area contributed by atoms with E-state index in [9.17, 15) is 14.3 Å². The summed E-state index contributed by atoms with van der Waals surface area (Å²) in [7, 11) is 0. The lowest BCUT2D eigenvalue weighted by molar-refractivity contribution is -0.129. The molecule has 1 aliphatic heterocycles. The highest BCUT2D eigenvalue weighted by molar-refractivity contribution is 5.73. The van der Waals surface area contributed by atoms with E-state index in [0.29, 0.717) is 31.9 Å². The molecule has 0 bridgehead atoms. The van der Waals surface area contributed by atoms with E-state index in [0.717, 1.165) is 6.20 Å². The highest BCUT2D eigenvalue weighted by atomic mass is 19.1.